The quantitative estimate of drug-likeness (QED) is 0.295. The second-order valence-electron chi connectivity index (χ2n) is 7.60. The van der Waals surface area contributed by atoms with E-state index in [1.54, 1.807) is 46.0 Å². The Morgan fingerprint density at radius 2 is 1.00 bits per heavy atom. The molecule has 6 rings (SSSR count). The summed E-state index contributed by atoms with van der Waals surface area (Å²) in [4.78, 5) is 8.78. The Morgan fingerprint density at radius 3 is 1.41 bits per heavy atom. The summed E-state index contributed by atoms with van der Waals surface area (Å²) >= 11 is 0. The van der Waals surface area contributed by atoms with Crippen molar-refractivity contribution in [2.45, 2.75) is 0 Å². The first-order valence-electron chi connectivity index (χ1n) is 11.1. The SMILES string of the molecule is [B](Oc1ccc(-n2nnnc2-c2ccccc2)nc1)Oc1ccc(-n2nnnc2-c2ccccc2)nc1. The minimum Gasteiger partial charge on any atom is -0.525 e. The van der Waals surface area contributed by atoms with E-state index in [2.05, 4.69) is 41.0 Å². The predicted octanol–water partition coefficient (Wildman–Crippen LogP) is 2.75. The third kappa shape index (κ3) is 4.73. The summed E-state index contributed by atoms with van der Waals surface area (Å²) in [6.07, 6.45) is 3.10. The van der Waals surface area contributed by atoms with Gasteiger partial charge in [-0.05, 0) is 45.1 Å². The Balaban J connectivity index is 1.08. The topological polar surface area (TPSA) is 131 Å². The van der Waals surface area contributed by atoms with Crippen molar-refractivity contribution >= 4 is 7.69 Å². The molecule has 1 radical (unpaired) electrons. The summed E-state index contributed by atoms with van der Waals surface area (Å²) in [5.74, 6) is 3.23. The van der Waals surface area contributed by atoms with E-state index < -0.39 is 0 Å². The van der Waals surface area contributed by atoms with Gasteiger partial charge in [-0.1, -0.05) is 60.7 Å². The van der Waals surface area contributed by atoms with Crippen molar-refractivity contribution in [1.29, 1.82) is 0 Å². The summed E-state index contributed by atoms with van der Waals surface area (Å²) in [6, 6.07) is 26.2. The van der Waals surface area contributed by atoms with E-state index in [0.29, 0.717) is 34.8 Å². The van der Waals surface area contributed by atoms with Crippen molar-refractivity contribution in [2.24, 2.45) is 0 Å². The molecule has 0 atom stereocenters. The van der Waals surface area contributed by atoms with Crippen LogP contribution in [0.2, 0.25) is 0 Å². The van der Waals surface area contributed by atoms with E-state index in [-0.39, 0.29) is 0 Å². The zero-order chi connectivity index (χ0) is 24.9. The molecule has 0 saturated heterocycles. The molecule has 0 N–H and O–H groups in total. The van der Waals surface area contributed by atoms with Crippen LogP contribution in [0.5, 0.6) is 11.5 Å². The molecule has 0 saturated carbocycles. The number of hydrogen-bond donors (Lipinski definition) is 0. The molecule has 0 aliphatic carbocycles. The van der Waals surface area contributed by atoms with Crippen LogP contribution in [0.3, 0.4) is 0 Å². The molecular formula is C24H16BN10O2. The van der Waals surface area contributed by atoms with Gasteiger partial charge in [-0.2, -0.15) is 9.36 Å². The van der Waals surface area contributed by atoms with Crippen molar-refractivity contribution in [1.82, 2.24) is 50.4 Å². The predicted molar refractivity (Wildman–Crippen MR) is 132 cm³/mol. The Morgan fingerprint density at radius 1 is 0.541 bits per heavy atom. The fraction of sp³-hybridized carbons (Fsp3) is 0. The zero-order valence-corrected chi connectivity index (χ0v) is 19.1. The van der Waals surface area contributed by atoms with E-state index in [0.717, 1.165) is 11.1 Å². The van der Waals surface area contributed by atoms with E-state index in [4.69, 9.17) is 9.31 Å². The van der Waals surface area contributed by atoms with E-state index in [9.17, 15) is 0 Å². The van der Waals surface area contributed by atoms with Crippen molar-refractivity contribution in [3.63, 3.8) is 0 Å². The minimum atomic E-state index is 0.476. The number of nitrogens with zero attached hydrogens (tertiary/aromatic N) is 10. The summed E-state index contributed by atoms with van der Waals surface area (Å²) in [6.45, 7) is 0. The smallest absolute Gasteiger partial charge is 0.525 e. The van der Waals surface area contributed by atoms with Gasteiger partial charge in [0.1, 0.15) is 11.5 Å². The molecular weight excluding hydrogens is 471 g/mol. The molecule has 37 heavy (non-hydrogen) atoms. The summed E-state index contributed by atoms with van der Waals surface area (Å²) < 4.78 is 14.2. The molecule has 0 unspecified atom stereocenters. The summed E-state index contributed by atoms with van der Waals surface area (Å²) in [7, 11) is 1.20. The first kappa shape index (κ1) is 22.0. The van der Waals surface area contributed by atoms with Gasteiger partial charge in [0, 0.05) is 11.1 Å². The second kappa shape index (κ2) is 10.0. The molecule has 0 aliphatic heterocycles. The van der Waals surface area contributed by atoms with Gasteiger partial charge in [0.05, 0.1) is 12.4 Å². The normalized spacial score (nSPS) is 10.7. The van der Waals surface area contributed by atoms with Crippen LogP contribution in [0.4, 0.5) is 0 Å². The molecule has 0 aliphatic rings. The molecule has 2 aromatic carbocycles. The van der Waals surface area contributed by atoms with Gasteiger partial charge in [0.25, 0.3) is 0 Å². The Kier molecular flexibility index (Phi) is 5.98. The van der Waals surface area contributed by atoms with Gasteiger partial charge in [0.2, 0.25) is 0 Å². The number of tetrazole rings is 2. The van der Waals surface area contributed by atoms with Crippen LogP contribution in [0, 0.1) is 0 Å². The number of benzene rings is 2. The molecule has 12 nitrogen and oxygen atoms in total. The van der Waals surface area contributed by atoms with Crippen LogP contribution in [-0.4, -0.2) is 58.1 Å². The molecule has 4 aromatic heterocycles. The summed E-state index contributed by atoms with van der Waals surface area (Å²) in [5, 5.41) is 23.8. The Bertz CT molecular complexity index is 1470. The van der Waals surface area contributed by atoms with E-state index >= 15 is 0 Å². The third-order valence-electron chi connectivity index (χ3n) is 5.25. The second-order valence-corrected chi connectivity index (χ2v) is 7.60. The van der Waals surface area contributed by atoms with Crippen molar-refractivity contribution in [2.75, 3.05) is 0 Å². The average molecular weight is 487 g/mol. The number of hydrogen-bond acceptors (Lipinski definition) is 10. The van der Waals surface area contributed by atoms with Crippen LogP contribution in [-0.2, 0) is 0 Å². The molecule has 4 heterocycles. The lowest BCUT2D eigenvalue weighted by Crippen LogP contribution is -2.12. The molecule has 0 spiro atoms. The monoisotopic (exact) mass is 487 g/mol. The highest BCUT2D eigenvalue weighted by Gasteiger charge is 2.13. The van der Waals surface area contributed by atoms with Crippen LogP contribution in [0.1, 0.15) is 0 Å². The highest BCUT2D eigenvalue weighted by Crippen LogP contribution is 2.21. The maximum atomic E-state index is 5.54. The highest BCUT2D eigenvalue weighted by atomic mass is 16.6. The number of pyridine rings is 2. The van der Waals surface area contributed by atoms with Crippen LogP contribution >= 0.6 is 0 Å². The Labute approximate surface area is 210 Å². The van der Waals surface area contributed by atoms with Gasteiger partial charge < -0.3 is 9.31 Å². The molecule has 0 bridgehead atoms. The summed E-state index contributed by atoms with van der Waals surface area (Å²) in [5.41, 5.74) is 1.76. The van der Waals surface area contributed by atoms with Crippen molar-refractivity contribution in [3.8, 4) is 45.9 Å². The maximum absolute atomic E-state index is 5.54. The first-order chi connectivity index (χ1) is 18.3. The molecule has 0 amide bonds. The number of aromatic nitrogens is 10. The van der Waals surface area contributed by atoms with E-state index in [1.807, 2.05) is 60.7 Å². The highest BCUT2D eigenvalue weighted by molar-refractivity contribution is 6.20. The van der Waals surface area contributed by atoms with Crippen molar-refractivity contribution < 1.29 is 9.31 Å². The zero-order valence-electron chi connectivity index (χ0n) is 19.1. The minimum absolute atomic E-state index is 0.476. The molecule has 6 aromatic rings. The molecule has 177 valence electrons. The Hall–Kier alpha value is -5.46. The van der Waals surface area contributed by atoms with Gasteiger partial charge in [-0.3, -0.25) is 0 Å². The van der Waals surface area contributed by atoms with Gasteiger partial charge in [0.15, 0.2) is 23.3 Å². The van der Waals surface area contributed by atoms with Crippen molar-refractivity contribution in [3.05, 3.63) is 97.3 Å². The molecule has 0 fully saturated rings. The van der Waals surface area contributed by atoms with Crippen LogP contribution in [0.25, 0.3) is 34.4 Å². The standard InChI is InChI=1S/C24H16BN10O2/c1-3-7-17(8-4-1)23-28-30-32-34(23)21-13-11-19(15-26-21)36-25-37-20-12-14-22(27-16-20)35-24(29-31-33-35)18-9-5-2-6-10-18/h1-16H. The third-order valence-corrected chi connectivity index (χ3v) is 5.25. The maximum Gasteiger partial charge on any atom is 0.658 e. The number of rotatable bonds is 8. The lowest BCUT2D eigenvalue weighted by atomic mass is 10.2. The van der Waals surface area contributed by atoms with Gasteiger partial charge >= 0.3 is 7.69 Å². The fourth-order valence-corrected chi connectivity index (χ4v) is 3.49. The lowest BCUT2D eigenvalue weighted by Gasteiger charge is -2.08. The van der Waals surface area contributed by atoms with E-state index in [1.165, 1.54) is 7.69 Å². The molecule has 13 heteroatoms. The van der Waals surface area contributed by atoms with Crippen LogP contribution in [0.15, 0.2) is 97.3 Å². The fourth-order valence-electron chi connectivity index (χ4n) is 3.49. The van der Waals surface area contributed by atoms with Gasteiger partial charge in [-0.25, -0.2) is 9.97 Å². The van der Waals surface area contributed by atoms with Gasteiger partial charge in [-0.15, -0.1) is 10.2 Å². The first-order valence-corrected chi connectivity index (χ1v) is 11.1. The van der Waals surface area contributed by atoms with Crippen LogP contribution < -0.4 is 9.31 Å². The average Bonchev–Trinajstić information content (AvgIpc) is 3.66. The largest absolute Gasteiger partial charge is 0.658 e. The lowest BCUT2D eigenvalue weighted by molar-refractivity contribution is 0.456.